The number of nitrogens with one attached hydrogen (secondary N) is 1. The lowest BCUT2D eigenvalue weighted by Crippen LogP contribution is -2.35. The minimum absolute atomic E-state index is 0.0135. The molecule has 0 aromatic heterocycles. The Balaban J connectivity index is 1.35. The molecule has 4 rings (SSSR count). The summed E-state index contributed by atoms with van der Waals surface area (Å²) < 4.78 is 10.5. The van der Waals surface area contributed by atoms with Crippen LogP contribution in [0.4, 0.5) is 5.69 Å². The van der Waals surface area contributed by atoms with E-state index in [1.807, 2.05) is 31.2 Å². The van der Waals surface area contributed by atoms with Crippen molar-refractivity contribution in [3.8, 4) is 0 Å². The van der Waals surface area contributed by atoms with Crippen LogP contribution in [0.25, 0.3) is 0 Å². The Hall–Kier alpha value is -2.37. The quantitative estimate of drug-likeness (QED) is 0.826. The van der Waals surface area contributed by atoms with Gasteiger partial charge in [0.1, 0.15) is 6.10 Å². The Kier molecular flexibility index (Phi) is 3.98. The Morgan fingerprint density at radius 3 is 2.88 bits per heavy atom. The van der Waals surface area contributed by atoms with Gasteiger partial charge in [-0.3, -0.25) is 14.4 Å². The minimum Gasteiger partial charge on any atom is -0.462 e. The van der Waals surface area contributed by atoms with Gasteiger partial charge in [-0.1, -0.05) is 25.1 Å². The number of para-hydroxylation sites is 1. The summed E-state index contributed by atoms with van der Waals surface area (Å²) >= 11 is 0. The van der Waals surface area contributed by atoms with Gasteiger partial charge in [-0.15, -0.1) is 0 Å². The van der Waals surface area contributed by atoms with Gasteiger partial charge in [0.05, 0.1) is 11.8 Å². The molecular formula is C19H21NO5. The fourth-order valence-corrected chi connectivity index (χ4v) is 4.69. The number of benzene rings is 1. The number of fused-ring (bicyclic) bond motifs is 1. The number of carbonyl (C=O) groups excluding carboxylic acids is 3. The van der Waals surface area contributed by atoms with Crippen molar-refractivity contribution in [2.45, 2.75) is 32.3 Å². The molecule has 6 heteroatoms. The smallest absolute Gasteiger partial charge is 0.310 e. The summed E-state index contributed by atoms with van der Waals surface area (Å²) in [5, 5.41) is 2.78. The molecule has 1 saturated heterocycles. The van der Waals surface area contributed by atoms with Crippen LogP contribution in [0.15, 0.2) is 24.3 Å². The molecule has 1 N–H and O–H groups in total. The van der Waals surface area contributed by atoms with Gasteiger partial charge in [0, 0.05) is 11.6 Å². The summed E-state index contributed by atoms with van der Waals surface area (Å²) in [6, 6.07) is 7.53. The van der Waals surface area contributed by atoms with Gasteiger partial charge >= 0.3 is 11.9 Å². The van der Waals surface area contributed by atoms with Crippen LogP contribution in [0, 0.1) is 23.7 Å². The number of ether oxygens (including phenoxy) is 2. The summed E-state index contributed by atoms with van der Waals surface area (Å²) in [7, 11) is 0. The number of rotatable bonds is 5. The molecule has 2 aliphatic carbocycles. The third kappa shape index (κ3) is 2.69. The number of hydrogen-bond acceptors (Lipinski definition) is 5. The molecule has 1 aliphatic heterocycles. The fraction of sp³-hybridized carbons (Fsp3) is 0.526. The first kappa shape index (κ1) is 16.1. The van der Waals surface area contributed by atoms with Gasteiger partial charge in [0.25, 0.3) is 5.91 Å². The summed E-state index contributed by atoms with van der Waals surface area (Å²) in [6.07, 6.45) is 2.37. The topological polar surface area (TPSA) is 81.7 Å². The second-order valence-corrected chi connectivity index (χ2v) is 7.09. The summed E-state index contributed by atoms with van der Waals surface area (Å²) in [4.78, 5) is 36.5. The van der Waals surface area contributed by atoms with Crippen LogP contribution >= 0.6 is 0 Å². The molecule has 132 valence electrons. The van der Waals surface area contributed by atoms with E-state index in [9.17, 15) is 14.4 Å². The SMILES string of the molecule is CCc1ccccc1NC(=O)COC(=O)[C@H]1[C@@H]2C[C@H]3[C@@H]1C(=O)O[C@@H]3C2. The number of aryl methyl sites for hydroxylation is 1. The number of anilines is 1. The standard InChI is InChI=1S/C19H21NO5/c1-2-10-5-3-4-6-13(10)20-15(21)9-24-18(22)16-11-7-12-14(8-11)25-19(23)17(12)16/h3-6,11-12,14,16-17H,2,7-9H2,1H3,(H,20,21)/t11-,12-,14-,16+,17+/m1/s1. The van der Waals surface area contributed by atoms with Gasteiger partial charge in [0.2, 0.25) is 0 Å². The monoisotopic (exact) mass is 343 g/mol. The first-order chi connectivity index (χ1) is 12.1. The maximum Gasteiger partial charge on any atom is 0.310 e. The molecule has 1 aromatic rings. The summed E-state index contributed by atoms with van der Waals surface area (Å²) in [5.41, 5.74) is 1.75. The van der Waals surface area contributed by atoms with Crippen molar-refractivity contribution in [1.29, 1.82) is 0 Å². The molecule has 3 fully saturated rings. The highest BCUT2D eigenvalue weighted by Crippen LogP contribution is 2.57. The van der Waals surface area contributed by atoms with Crippen molar-refractivity contribution in [2.24, 2.45) is 23.7 Å². The van der Waals surface area contributed by atoms with Crippen molar-refractivity contribution in [3.63, 3.8) is 0 Å². The number of esters is 2. The van der Waals surface area contributed by atoms with E-state index in [1.54, 1.807) is 0 Å². The zero-order valence-electron chi connectivity index (χ0n) is 14.1. The van der Waals surface area contributed by atoms with E-state index in [0.29, 0.717) is 0 Å². The summed E-state index contributed by atoms with van der Waals surface area (Å²) in [5.74, 6) is -1.63. The molecule has 0 spiro atoms. The molecule has 1 amide bonds. The second-order valence-electron chi connectivity index (χ2n) is 7.09. The lowest BCUT2D eigenvalue weighted by molar-refractivity contribution is -0.157. The Bertz CT molecular complexity index is 728. The van der Waals surface area contributed by atoms with Crippen molar-refractivity contribution < 1.29 is 23.9 Å². The number of hydrogen-bond donors (Lipinski definition) is 1. The van der Waals surface area contributed by atoms with Crippen LogP contribution in [-0.4, -0.2) is 30.6 Å². The number of amides is 1. The maximum absolute atomic E-state index is 12.4. The molecule has 0 unspecified atom stereocenters. The lowest BCUT2D eigenvalue weighted by atomic mass is 9.80. The maximum atomic E-state index is 12.4. The van der Waals surface area contributed by atoms with E-state index in [-0.39, 0.29) is 42.3 Å². The Morgan fingerprint density at radius 2 is 2.08 bits per heavy atom. The van der Waals surface area contributed by atoms with E-state index in [4.69, 9.17) is 9.47 Å². The van der Waals surface area contributed by atoms with Crippen molar-refractivity contribution in [1.82, 2.24) is 0 Å². The molecule has 6 nitrogen and oxygen atoms in total. The van der Waals surface area contributed by atoms with Crippen LogP contribution in [-0.2, 0) is 30.3 Å². The third-order valence-corrected chi connectivity index (χ3v) is 5.77. The lowest BCUT2D eigenvalue weighted by Gasteiger charge is -2.22. The zero-order chi connectivity index (χ0) is 17.6. The predicted molar refractivity (Wildman–Crippen MR) is 88.5 cm³/mol. The van der Waals surface area contributed by atoms with Crippen LogP contribution < -0.4 is 5.32 Å². The highest BCUT2D eigenvalue weighted by Gasteiger charge is 2.64. The van der Waals surface area contributed by atoms with Crippen LogP contribution in [0.1, 0.15) is 25.3 Å². The van der Waals surface area contributed by atoms with E-state index in [1.165, 1.54) is 0 Å². The first-order valence-electron chi connectivity index (χ1n) is 8.83. The van der Waals surface area contributed by atoms with E-state index < -0.39 is 11.9 Å². The fourth-order valence-electron chi connectivity index (χ4n) is 4.69. The summed E-state index contributed by atoms with van der Waals surface area (Å²) in [6.45, 7) is 1.67. The molecular weight excluding hydrogens is 322 g/mol. The largest absolute Gasteiger partial charge is 0.462 e. The van der Waals surface area contributed by atoms with Crippen molar-refractivity contribution >= 4 is 23.5 Å². The Morgan fingerprint density at radius 1 is 1.28 bits per heavy atom. The van der Waals surface area contributed by atoms with Gasteiger partial charge < -0.3 is 14.8 Å². The molecule has 3 aliphatic rings. The van der Waals surface area contributed by atoms with Crippen molar-refractivity contribution in [2.75, 3.05) is 11.9 Å². The van der Waals surface area contributed by atoms with Gasteiger partial charge in [-0.2, -0.15) is 0 Å². The molecule has 2 bridgehead atoms. The molecule has 25 heavy (non-hydrogen) atoms. The normalized spacial score (nSPS) is 31.7. The molecule has 0 radical (unpaired) electrons. The molecule has 2 saturated carbocycles. The van der Waals surface area contributed by atoms with Crippen LogP contribution in [0.2, 0.25) is 0 Å². The minimum atomic E-state index is -0.452. The van der Waals surface area contributed by atoms with E-state index in [2.05, 4.69) is 5.32 Å². The second kappa shape index (κ2) is 6.17. The third-order valence-electron chi connectivity index (χ3n) is 5.77. The first-order valence-corrected chi connectivity index (χ1v) is 8.83. The van der Waals surface area contributed by atoms with Crippen molar-refractivity contribution in [3.05, 3.63) is 29.8 Å². The van der Waals surface area contributed by atoms with E-state index >= 15 is 0 Å². The van der Waals surface area contributed by atoms with Crippen LogP contribution in [0.5, 0.6) is 0 Å². The van der Waals surface area contributed by atoms with Gasteiger partial charge in [-0.05, 0) is 36.8 Å². The van der Waals surface area contributed by atoms with Gasteiger partial charge in [-0.25, -0.2) is 0 Å². The molecule has 1 heterocycles. The average molecular weight is 343 g/mol. The zero-order valence-corrected chi connectivity index (χ0v) is 14.1. The number of carbonyl (C=O) groups is 3. The molecule has 1 aromatic carbocycles. The Labute approximate surface area is 145 Å². The highest BCUT2D eigenvalue weighted by atomic mass is 16.6. The van der Waals surface area contributed by atoms with Gasteiger partial charge in [0.15, 0.2) is 6.61 Å². The highest BCUT2D eigenvalue weighted by molar-refractivity contribution is 5.94. The van der Waals surface area contributed by atoms with Crippen LogP contribution in [0.3, 0.4) is 0 Å². The molecule has 5 atom stereocenters. The van der Waals surface area contributed by atoms with E-state index in [0.717, 1.165) is 30.5 Å². The average Bonchev–Trinajstić information content (AvgIpc) is 3.22. The predicted octanol–water partition coefficient (Wildman–Crippen LogP) is 1.93.